The van der Waals surface area contributed by atoms with Gasteiger partial charge in [-0.1, -0.05) is 17.7 Å². The van der Waals surface area contributed by atoms with Crippen molar-refractivity contribution < 1.29 is 22.6 Å². The zero-order valence-electron chi connectivity index (χ0n) is 12.4. The normalized spacial score (nSPS) is 16.5. The minimum Gasteiger partial charge on any atom is -0.476 e. The van der Waals surface area contributed by atoms with Gasteiger partial charge in [-0.2, -0.15) is 13.2 Å². The van der Waals surface area contributed by atoms with Gasteiger partial charge in [0.25, 0.3) is 0 Å². The van der Waals surface area contributed by atoms with Crippen LogP contribution in [0.4, 0.5) is 13.2 Å². The molecule has 2 aromatic carbocycles. The highest BCUT2D eigenvalue weighted by atomic mass is 35.5. The maximum absolute atomic E-state index is 12.8. The molecule has 24 heavy (non-hydrogen) atoms. The Morgan fingerprint density at radius 1 is 1.17 bits per heavy atom. The van der Waals surface area contributed by atoms with Gasteiger partial charge in [0.1, 0.15) is 17.2 Å². The van der Waals surface area contributed by atoms with E-state index in [-0.39, 0.29) is 11.5 Å². The van der Waals surface area contributed by atoms with E-state index in [4.69, 9.17) is 21.1 Å². The topological polar surface area (TPSA) is 18.5 Å². The fourth-order valence-corrected chi connectivity index (χ4v) is 2.79. The molecule has 2 nitrogen and oxygen atoms in total. The molecule has 0 spiro atoms. The average Bonchev–Trinajstić information content (AvgIpc) is 2.55. The second-order valence-electron chi connectivity index (χ2n) is 5.04. The maximum atomic E-state index is 12.8. The third-order valence-electron chi connectivity index (χ3n) is 3.38. The number of benzene rings is 2. The van der Waals surface area contributed by atoms with Gasteiger partial charge in [-0.05, 0) is 42.7 Å². The van der Waals surface area contributed by atoms with E-state index in [1.54, 1.807) is 23.9 Å². The molecule has 0 bridgehead atoms. The monoisotopic (exact) mass is 372 g/mol. The number of halogens is 4. The summed E-state index contributed by atoms with van der Waals surface area (Å²) in [7, 11) is 0. The molecule has 0 fully saturated rings. The van der Waals surface area contributed by atoms with Crippen LogP contribution >= 0.6 is 23.4 Å². The highest BCUT2D eigenvalue weighted by Gasteiger charge is 2.41. The van der Waals surface area contributed by atoms with Crippen LogP contribution < -0.4 is 9.47 Å². The van der Waals surface area contributed by atoms with Crippen molar-refractivity contribution in [2.24, 2.45) is 0 Å². The Morgan fingerprint density at radius 3 is 2.50 bits per heavy atom. The fourth-order valence-electron chi connectivity index (χ4n) is 2.17. The molecular weight excluding hydrogens is 361 g/mol. The van der Waals surface area contributed by atoms with Crippen LogP contribution in [0.15, 0.2) is 47.4 Å². The summed E-state index contributed by atoms with van der Waals surface area (Å²) in [5, 5.41) is 0.293. The lowest BCUT2D eigenvalue weighted by Gasteiger charge is -2.24. The van der Waals surface area contributed by atoms with Gasteiger partial charge in [-0.25, -0.2) is 0 Å². The third kappa shape index (κ3) is 3.65. The Bertz CT molecular complexity index is 773. The molecule has 3 rings (SSSR count). The summed E-state index contributed by atoms with van der Waals surface area (Å²) in [4.78, 5) is 1.07. The first-order chi connectivity index (χ1) is 11.4. The predicted molar refractivity (Wildman–Crippen MR) is 89.3 cm³/mol. The molecule has 0 amide bonds. The molecule has 1 aliphatic heterocycles. The van der Waals surface area contributed by atoms with E-state index in [0.717, 1.165) is 11.0 Å². The van der Waals surface area contributed by atoms with Crippen molar-refractivity contribution in [2.45, 2.75) is 17.2 Å². The van der Waals surface area contributed by atoms with E-state index in [0.29, 0.717) is 16.3 Å². The molecule has 7 heteroatoms. The summed E-state index contributed by atoms with van der Waals surface area (Å²) in [6, 6.07) is 10.2. The molecule has 2 aromatic rings. The van der Waals surface area contributed by atoms with Crippen LogP contribution in [0.25, 0.3) is 6.08 Å². The van der Waals surface area contributed by atoms with E-state index < -0.39 is 12.3 Å². The Hall–Kier alpha value is -1.79. The highest BCUT2D eigenvalue weighted by Crippen LogP contribution is 2.40. The molecule has 0 N–H and O–H groups in total. The smallest absolute Gasteiger partial charge is 0.429 e. The number of alkyl halides is 3. The van der Waals surface area contributed by atoms with Crippen molar-refractivity contribution in [1.29, 1.82) is 0 Å². The number of hydrogen-bond donors (Lipinski definition) is 0. The molecule has 0 radical (unpaired) electrons. The van der Waals surface area contributed by atoms with E-state index in [2.05, 4.69) is 0 Å². The number of rotatable bonds is 3. The van der Waals surface area contributed by atoms with Crippen molar-refractivity contribution in [2.75, 3.05) is 6.26 Å². The quantitative estimate of drug-likeness (QED) is 0.598. The van der Waals surface area contributed by atoms with Crippen LogP contribution in [0.2, 0.25) is 5.02 Å². The predicted octanol–water partition coefficient (Wildman–Crippen LogP) is 6.19. The van der Waals surface area contributed by atoms with Gasteiger partial charge in [0.15, 0.2) is 0 Å². The first kappa shape index (κ1) is 17.0. The van der Waals surface area contributed by atoms with Crippen molar-refractivity contribution in [3.63, 3.8) is 0 Å². The molecule has 1 heterocycles. The lowest BCUT2D eigenvalue weighted by Crippen LogP contribution is -2.33. The summed E-state index contributed by atoms with van der Waals surface area (Å²) in [5.41, 5.74) is 0.477. The largest absolute Gasteiger partial charge is 0.476 e. The highest BCUT2D eigenvalue weighted by molar-refractivity contribution is 7.98. The Morgan fingerprint density at radius 2 is 1.88 bits per heavy atom. The number of thioether (sulfide) groups is 1. The third-order valence-corrected chi connectivity index (χ3v) is 4.42. The Balaban J connectivity index is 1.87. The van der Waals surface area contributed by atoms with Gasteiger partial charge in [0.05, 0.1) is 5.02 Å². The standard InChI is InChI=1S/C17H12ClF3O2S/c1-24-12-5-3-11(4-6-12)22-15-9-14-10(8-13(15)18)2-7-16(23-14)17(19,20)21/h2-9,16H,1H3/t16-/m1/s1. The molecule has 126 valence electrons. The summed E-state index contributed by atoms with van der Waals surface area (Å²) >= 11 is 7.75. The van der Waals surface area contributed by atoms with Crippen molar-refractivity contribution in [1.82, 2.24) is 0 Å². The minimum atomic E-state index is -4.47. The average molecular weight is 373 g/mol. The van der Waals surface area contributed by atoms with Gasteiger partial charge in [0.2, 0.25) is 6.10 Å². The number of fused-ring (bicyclic) bond motifs is 1. The molecule has 0 saturated carbocycles. The second-order valence-corrected chi connectivity index (χ2v) is 6.32. The summed E-state index contributed by atoms with van der Waals surface area (Å²) in [5.74, 6) is 0.858. The number of hydrogen-bond acceptors (Lipinski definition) is 3. The van der Waals surface area contributed by atoms with Gasteiger partial charge in [0, 0.05) is 16.5 Å². The van der Waals surface area contributed by atoms with Crippen molar-refractivity contribution in [3.8, 4) is 17.2 Å². The second kappa shape index (κ2) is 6.61. The van der Waals surface area contributed by atoms with Gasteiger partial charge >= 0.3 is 6.18 Å². The van der Waals surface area contributed by atoms with Crippen LogP contribution in [0.1, 0.15) is 5.56 Å². The zero-order valence-corrected chi connectivity index (χ0v) is 14.0. The van der Waals surface area contributed by atoms with Gasteiger partial charge < -0.3 is 9.47 Å². The molecular formula is C17H12ClF3O2S. The lowest BCUT2D eigenvalue weighted by atomic mass is 10.1. The SMILES string of the molecule is CSc1ccc(Oc2cc3c(cc2Cl)C=C[C@H](C(F)(F)F)O3)cc1. The zero-order chi connectivity index (χ0) is 17.3. The first-order valence-corrected chi connectivity index (χ1v) is 8.54. The van der Waals surface area contributed by atoms with Crippen LogP contribution in [0.3, 0.4) is 0 Å². The lowest BCUT2D eigenvalue weighted by molar-refractivity contribution is -0.180. The molecule has 1 atom stereocenters. The van der Waals surface area contributed by atoms with E-state index in [1.165, 1.54) is 18.2 Å². The Kier molecular flexibility index (Phi) is 4.69. The van der Waals surface area contributed by atoms with Gasteiger partial charge in [-0.15, -0.1) is 11.8 Å². The summed E-state index contributed by atoms with van der Waals surface area (Å²) in [6.45, 7) is 0. The maximum Gasteiger partial charge on any atom is 0.429 e. The fraction of sp³-hybridized carbons (Fsp3) is 0.176. The van der Waals surface area contributed by atoms with E-state index in [1.807, 2.05) is 18.4 Å². The molecule has 0 saturated heterocycles. The summed E-state index contributed by atoms with van der Waals surface area (Å²) < 4.78 is 49.1. The molecule has 0 aromatic heterocycles. The number of ether oxygens (including phenoxy) is 2. The Labute approximate surface area is 146 Å². The first-order valence-electron chi connectivity index (χ1n) is 6.94. The minimum absolute atomic E-state index is 0.0833. The van der Waals surface area contributed by atoms with Crippen LogP contribution in [-0.2, 0) is 0 Å². The molecule has 0 aliphatic carbocycles. The van der Waals surface area contributed by atoms with Crippen LogP contribution in [-0.4, -0.2) is 18.5 Å². The van der Waals surface area contributed by atoms with Gasteiger partial charge in [-0.3, -0.25) is 0 Å². The van der Waals surface area contributed by atoms with Crippen LogP contribution in [0, 0.1) is 0 Å². The molecule has 1 aliphatic rings. The van der Waals surface area contributed by atoms with Crippen molar-refractivity contribution >= 4 is 29.4 Å². The van der Waals surface area contributed by atoms with E-state index >= 15 is 0 Å². The van der Waals surface area contributed by atoms with E-state index in [9.17, 15) is 13.2 Å². The molecule has 0 unspecified atom stereocenters. The van der Waals surface area contributed by atoms with Crippen molar-refractivity contribution in [3.05, 3.63) is 53.1 Å². The summed E-state index contributed by atoms with van der Waals surface area (Å²) in [6.07, 6.45) is -2.18. The van der Waals surface area contributed by atoms with Crippen LogP contribution in [0.5, 0.6) is 17.2 Å².